The van der Waals surface area contributed by atoms with E-state index in [4.69, 9.17) is 4.74 Å². The number of carbonyl (C=O) groups excluding carboxylic acids is 3. The van der Waals surface area contributed by atoms with Gasteiger partial charge >= 0.3 is 0 Å². The molecule has 174 valence electrons. The third-order valence-electron chi connectivity index (χ3n) is 5.90. The fourth-order valence-electron chi connectivity index (χ4n) is 4.03. The predicted octanol–water partition coefficient (Wildman–Crippen LogP) is 4.56. The van der Waals surface area contributed by atoms with Crippen LogP contribution in [-0.4, -0.2) is 31.4 Å². The van der Waals surface area contributed by atoms with Crippen LogP contribution in [0.15, 0.2) is 66.7 Å². The number of rotatable bonds is 6. The normalized spacial score (nSPS) is 15.2. The molecule has 0 bridgehead atoms. The van der Waals surface area contributed by atoms with Gasteiger partial charge in [-0.3, -0.25) is 14.4 Å². The maximum absolute atomic E-state index is 12.9. The summed E-state index contributed by atoms with van der Waals surface area (Å²) in [4.78, 5) is 39.8. The highest BCUT2D eigenvalue weighted by atomic mass is 16.5. The summed E-state index contributed by atoms with van der Waals surface area (Å²) >= 11 is 0. The van der Waals surface area contributed by atoms with Gasteiger partial charge in [0.15, 0.2) is 0 Å². The molecule has 0 aromatic heterocycles. The summed E-state index contributed by atoms with van der Waals surface area (Å²) in [6.45, 7) is 4.24. The van der Waals surface area contributed by atoms with Crippen molar-refractivity contribution in [1.29, 1.82) is 0 Å². The first-order valence-corrected chi connectivity index (χ1v) is 11.1. The molecule has 0 radical (unpaired) electrons. The Kier molecular flexibility index (Phi) is 6.63. The van der Waals surface area contributed by atoms with Crippen LogP contribution < -0.4 is 20.3 Å². The van der Waals surface area contributed by atoms with E-state index >= 15 is 0 Å². The lowest BCUT2D eigenvalue weighted by Crippen LogP contribution is -2.28. The average Bonchev–Trinajstić information content (AvgIpc) is 3.23. The van der Waals surface area contributed by atoms with Crippen LogP contribution >= 0.6 is 0 Å². The fraction of sp³-hybridized carbons (Fsp3) is 0.222. The molecule has 0 saturated carbocycles. The van der Waals surface area contributed by atoms with Crippen molar-refractivity contribution in [1.82, 2.24) is 0 Å². The molecule has 3 aromatic carbocycles. The molecular formula is C27H27N3O4. The largest absolute Gasteiger partial charge is 0.497 e. The van der Waals surface area contributed by atoms with Crippen LogP contribution in [0.2, 0.25) is 0 Å². The van der Waals surface area contributed by atoms with Gasteiger partial charge in [-0.2, -0.15) is 0 Å². The topological polar surface area (TPSA) is 87.7 Å². The maximum Gasteiger partial charge on any atom is 0.255 e. The highest BCUT2D eigenvalue weighted by Gasteiger charge is 2.35. The zero-order valence-electron chi connectivity index (χ0n) is 19.4. The van der Waals surface area contributed by atoms with Crippen LogP contribution in [0.5, 0.6) is 5.75 Å². The predicted molar refractivity (Wildman–Crippen MR) is 132 cm³/mol. The van der Waals surface area contributed by atoms with E-state index in [1.165, 1.54) is 0 Å². The second-order valence-electron chi connectivity index (χ2n) is 8.45. The van der Waals surface area contributed by atoms with Crippen molar-refractivity contribution in [2.45, 2.75) is 20.3 Å². The molecule has 4 rings (SSSR count). The Bertz CT molecular complexity index is 1240. The highest BCUT2D eigenvalue weighted by molar-refractivity contribution is 6.06. The molecule has 3 aromatic rings. The number of hydrogen-bond donors (Lipinski definition) is 2. The zero-order chi connectivity index (χ0) is 24.2. The lowest BCUT2D eigenvalue weighted by Gasteiger charge is -2.17. The second-order valence-corrected chi connectivity index (χ2v) is 8.45. The first-order chi connectivity index (χ1) is 16.3. The van der Waals surface area contributed by atoms with Crippen molar-refractivity contribution in [2.24, 2.45) is 5.92 Å². The van der Waals surface area contributed by atoms with Crippen LogP contribution in [0.1, 0.15) is 27.9 Å². The van der Waals surface area contributed by atoms with Gasteiger partial charge in [0.25, 0.3) is 5.91 Å². The number of amides is 3. The molecule has 1 atom stereocenters. The third kappa shape index (κ3) is 5.09. The smallest absolute Gasteiger partial charge is 0.255 e. The minimum absolute atomic E-state index is 0.105. The van der Waals surface area contributed by atoms with E-state index in [0.717, 1.165) is 22.5 Å². The van der Waals surface area contributed by atoms with E-state index in [0.29, 0.717) is 23.5 Å². The SMILES string of the molecule is COc1ccc(N2C[C@H](C(=O)Nc3cccc(C(=O)Nc4ccc(C)cc4C)c3)CC2=O)cc1. The fourth-order valence-corrected chi connectivity index (χ4v) is 4.03. The van der Waals surface area contributed by atoms with Crippen LogP contribution in [0.3, 0.4) is 0 Å². The van der Waals surface area contributed by atoms with Crippen molar-refractivity contribution in [3.63, 3.8) is 0 Å². The molecule has 0 aliphatic carbocycles. The van der Waals surface area contributed by atoms with E-state index in [2.05, 4.69) is 10.6 Å². The average molecular weight is 458 g/mol. The number of methoxy groups -OCH3 is 1. The molecule has 0 spiro atoms. The zero-order valence-corrected chi connectivity index (χ0v) is 19.4. The highest BCUT2D eigenvalue weighted by Crippen LogP contribution is 2.28. The lowest BCUT2D eigenvalue weighted by atomic mass is 10.1. The van der Waals surface area contributed by atoms with Crippen LogP contribution in [-0.2, 0) is 9.59 Å². The number of anilines is 3. The summed E-state index contributed by atoms with van der Waals surface area (Å²) in [5.41, 5.74) is 4.51. The molecule has 1 heterocycles. The minimum atomic E-state index is -0.484. The Morgan fingerprint density at radius 1 is 0.971 bits per heavy atom. The van der Waals surface area contributed by atoms with Crippen molar-refractivity contribution in [3.05, 3.63) is 83.4 Å². The lowest BCUT2D eigenvalue weighted by molar-refractivity contribution is -0.122. The van der Waals surface area contributed by atoms with Crippen molar-refractivity contribution < 1.29 is 19.1 Å². The van der Waals surface area contributed by atoms with Gasteiger partial charge in [0, 0.05) is 35.6 Å². The number of nitrogens with zero attached hydrogens (tertiary/aromatic N) is 1. The Morgan fingerprint density at radius 2 is 1.74 bits per heavy atom. The third-order valence-corrected chi connectivity index (χ3v) is 5.90. The number of hydrogen-bond acceptors (Lipinski definition) is 4. The Labute approximate surface area is 198 Å². The maximum atomic E-state index is 12.9. The van der Waals surface area contributed by atoms with E-state index in [1.54, 1.807) is 60.5 Å². The number of carbonyl (C=O) groups is 3. The number of aryl methyl sites for hydroxylation is 2. The molecule has 7 heteroatoms. The molecule has 3 amide bonds. The molecule has 7 nitrogen and oxygen atoms in total. The van der Waals surface area contributed by atoms with Crippen LogP contribution in [0.4, 0.5) is 17.1 Å². The summed E-state index contributed by atoms with van der Waals surface area (Å²) in [6, 6.07) is 19.8. The summed E-state index contributed by atoms with van der Waals surface area (Å²) in [5, 5.41) is 5.77. The molecule has 1 saturated heterocycles. The van der Waals surface area contributed by atoms with Gasteiger partial charge in [-0.1, -0.05) is 23.8 Å². The van der Waals surface area contributed by atoms with Gasteiger partial charge in [-0.05, 0) is 67.9 Å². The van der Waals surface area contributed by atoms with E-state index < -0.39 is 5.92 Å². The van der Waals surface area contributed by atoms with Gasteiger partial charge in [0.1, 0.15) is 5.75 Å². The van der Waals surface area contributed by atoms with Crippen molar-refractivity contribution in [2.75, 3.05) is 29.2 Å². The van der Waals surface area contributed by atoms with Gasteiger partial charge in [-0.15, -0.1) is 0 Å². The van der Waals surface area contributed by atoms with Gasteiger partial charge < -0.3 is 20.3 Å². The van der Waals surface area contributed by atoms with E-state index in [1.807, 2.05) is 32.0 Å². The summed E-state index contributed by atoms with van der Waals surface area (Å²) in [6.07, 6.45) is 0.130. The van der Waals surface area contributed by atoms with Crippen molar-refractivity contribution in [3.8, 4) is 5.75 Å². The molecular weight excluding hydrogens is 430 g/mol. The monoisotopic (exact) mass is 457 g/mol. The Hall–Kier alpha value is -4.13. The molecule has 34 heavy (non-hydrogen) atoms. The molecule has 0 unspecified atom stereocenters. The number of nitrogens with one attached hydrogen (secondary N) is 2. The summed E-state index contributed by atoms with van der Waals surface area (Å²) in [5.74, 6) is -0.401. The van der Waals surface area contributed by atoms with Gasteiger partial charge in [0.2, 0.25) is 11.8 Å². The Morgan fingerprint density at radius 3 is 2.44 bits per heavy atom. The molecule has 1 aliphatic heterocycles. The molecule has 1 fully saturated rings. The Balaban J connectivity index is 1.41. The first-order valence-electron chi connectivity index (χ1n) is 11.1. The van der Waals surface area contributed by atoms with E-state index in [9.17, 15) is 14.4 Å². The van der Waals surface area contributed by atoms with Gasteiger partial charge in [0.05, 0.1) is 13.0 Å². The summed E-state index contributed by atoms with van der Waals surface area (Å²) < 4.78 is 5.16. The van der Waals surface area contributed by atoms with Crippen LogP contribution in [0, 0.1) is 19.8 Å². The quantitative estimate of drug-likeness (QED) is 0.568. The number of benzene rings is 3. The van der Waals surface area contributed by atoms with Crippen molar-refractivity contribution >= 4 is 34.8 Å². The second kappa shape index (κ2) is 9.79. The van der Waals surface area contributed by atoms with Crippen LogP contribution in [0.25, 0.3) is 0 Å². The standard InChI is InChI=1S/C27H27N3O4/c1-17-7-12-24(18(2)13-17)29-26(32)19-5-4-6-21(14-19)28-27(33)20-15-25(31)30(16-20)22-8-10-23(34-3)11-9-22/h4-14,20H,15-16H2,1-3H3,(H,28,33)(H,29,32)/t20-/m1/s1. The van der Waals surface area contributed by atoms with Gasteiger partial charge in [-0.25, -0.2) is 0 Å². The summed E-state index contributed by atoms with van der Waals surface area (Å²) in [7, 11) is 1.58. The minimum Gasteiger partial charge on any atom is -0.497 e. The van der Waals surface area contributed by atoms with E-state index in [-0.39, 0.29) is 24.1 Å². The first kappa shape index (κ1) is 23.0. The number of ether oxygens (including phenoxy) is 1. The molecule has 1 aliphatic rings. The molecule has 2 N–H and O–H groups in total.